The van der Waals surface area contributed by atoms with Gasteiger partial charge in [0.1, 0.15) is 0 Å². The fourth-order valence-corrected chi connectivity index (χ4v) is 12.2. The van der Waals surface area contributed by atoms with Crippen molar-refractivity contribution in [2.24, 2.45) is 0 Å². The molecule has 4 heterocycles. The predicted octanol–water partition coefficient (Wildman–Crippen LogP) is 18.3. The van der Waals surface area contributed by atoms with Gasteiger partial charge in [0.15, 0.2) is 10.9 Å². The van der Waals surface area contributed by atoms with Gasteiger partial charge in [-0.05, 0) is 74.2 Å². The van der Waals surface area contributed by atoms with E-state index >= 15 is 9.59 Å². The number of fused-ring (bicyclic) bond motifs is 12. The van der Waals surface area contributed by atoms with Crippen LogP contribution in [0.4, 0.5) is 0 Å². The quantitative estimate of drug-likeness (QED) is 0.0363. The summed E-state index contributed by atoms with van der Waals surface area (Å²) in [7, 11) is 0. The topological polar surface area (TPSA) is 53.9 Å². The Morgan fingerprint density at radius 3 is 0.871 bits per heavy atom. The van der Waals surface area contributed by atoms with Gasteiger partial charge in [-0.25, -0.2) is 0 Å². The summed E-state index contributed by atoms with van der Waals surface area (Å²) in [5, 5.41) is 7.54. The maximum Gasteiger partial charge on any atom is 0.198 e. The Morgan fingerprint density at radius 2 is 0.543 bits per heavy atom. The fourth-order valence-electron chi connectivity index (χ4n) is 12.2. The van der Waals surface area contributed by atoms with Crippen LogP contribution in [-0.4, -0.2) is 18.3 Å². The Hall–Kier alpha value is -5.36. The molecule has 0 aliphatic heterocycles. The Bertz CT molecular complexity index is 3120. The van der Waals surface area contributed by atoms with Crippen LogP contribution in [0.3, 0.4) is 0 Å². The summed E-state index contributed by atoms with van der Waals surface area (Å²) in [5.41, 5.74) is 8.59. The van der Waals surface area contributed by atoms with E-state index in [1.807, 2.05) is 0 Å². The molecule has 9 rings (SSSR count). The third-order valence-corrected chi connectivity index (χ3v) is 16.0. The Kier molecular flexibility index (Phi) is 16.8. The molecule has 0 N–H and O–H groups in total. The SMILES string of the molecule is CCCCCCCCn1c2cc3c(=O)c4c5c6ccccc6n(CCCCCCCC)c5ccc4n(CCCCCCCC)c3cc2c(=O)c2c3c4ccccc4n(CCCCCCCC)c3ccc21. The molecule has 5 aromatic carbocycles. The van der Waals surface area contributed by atoms with Gasteiger partial charge >= 0.3 is 0 Å². The summed E-state index contributed by atoms with van der Waals surface area (Å²) in [5.74, 6) is 0. The first kappa shape index (κ1) is 49.6. The minimum atomic E-state index is 0.0750. The number of para-hydroxylation sites is 2. The molecule has 0 spiro atoms. The van der Waals surface area contributed by atoms with E-state index in [1.54, 1.807) is 0 Å². The van der Waals surface area contributed by atoms with Crippen molar-refractivity contribution in [2.75, 3.05) is 0 Å². The second kappa shape index (κ2) is 23.7. The summed E-state index contributed by atoms with van der Waals surface area (Å²) < 4.78 is 9.84. The summed E-state index contributed by atoms with van der Waals surface area (Å²) in [6, 6.07) is 30.8. The zero-order chi connectivity index (χ0) is 48.4. The maximum absolute atomic E-state index is 15.8. The summed E-state index contributed by atoms with van der Waals surface area (Å²) >= 11 is 0. The highest BCUT2D eigenvalue weighted by molar-refractivity contribution is 6.23. The van der Waals surface area contributed by atoms with Crippen molar-refractivity contribution in [2.45, 2.75) is 208 Å². The van der Waals surface area contributed by atoms with Gasteiger partial charge < -0.3 is 18.3 Å². The minimum absolute atomic E-state index is 0.0750. The van der Waals surface area contributed by atoms with Gasteiger partial charge in [-0.1, -0.05) is 193 Å². The Morgan fingerprint density at radius 1 is 0.271 bits per heavy atom. The van der Waals surface area contributed by atoms with E-state index in [2.05, 4.69) is 131 Å². The van der Waals surface area contributed by atoms with Gasteiger partial charge in [0, 0.05) is 80.6 Å². The number of unbranched alkanes of at least 4 members (excludes halogenated alkanes) is 20. The lowest BCUT2D eigenvalue weighted by molar-refractivity contribution is 0.569. The van der Waals surface area contributed by atoms with Gasteiger partial charge in [0.05, 0.1) is 32.8 Å². The monoisotopic (exact) mass is 939 g/mol. The first-order chi connectivity index (χ1) is 34.5. The maximum atomic E-state index is 15.8. The first-order valence-corrected chi connectivity index (χ1v) is 28.4. The molecule has 0 radical (unpaired) electrons. The van der Waals surface area contributed by atoms with Crippen molar-refractivity contribution in [3.05, 3.63) is 105 Å². The van der Waals surface area contributed by atoms with E-state index in [1.165, 1.54) is 127 Å². The van der Waals surface area contributed by atoms with E-state index in [9.17, 15) is 0 Å². The number of aromatic nitrogens is 4. The highest BCUT2D eigenvalue weighted by Gasteiger charge is 2.23. The smallest absolute Gasteiger partial charge is 0.198 e. The van der Waals surface area contributed by atoms with Crippen molar-refractivity contribution in [3.63, 3.8) is 0 Å². The van der Waals surface area contributed by atoms with Crippen LogP contribution < -0.4 is 10.9 Å². The number of hydrogen-bond acceptors (Lipinski definition) is 2. The Labute approximate surface area is 417 Å². The number of pyridine rings is 2. The molecule has 9 aromatic rings. The fraction of sp³-hybridized carbons (Fsp3) is 0.500. The summed E-state index contributed by atoms with van der Waals surface area (Å²) in [6.45, 7) is 12.6. The molecule has 6 nitrogen and oxygen atoms in total. The van der Waals surface area contributed by atoms with Crippen LogP contribution in [0.2, 0.25) is 0 Å². The Balaban J connectivity index is 1.28. The van der Waals surface area contributed by atoms with Crippen LogP contribution in [0.25, 0.3) is 87.2 Å². The van der Waals surface area contributed by atoms with E-state index in [0.29, 0.717) is 0 Å². The zero-order valence-electron chi connectivity index (χ0n) is 43.5. The molecule has 0 saturated heterocycles. The predicted molar refractivity (Wildman–Crippen MR) is 304 cm³/mol. The highest BCUT2D eigenvalue weighted by Crippen LogP contribution is 2.39. The molecule has 4 aromatic heterocycles. The minimum Gasteiger partial charge on any atom is -0.340 e. The molecule has 0 atom stereocenters. The molecular formula is C64H82N4O2. The first-order valence-electron chi connectivity index (χ1n) is 28.4. The normalized spacial score (nSPS) is 12.3. The molecule has 6 heteroatoms. The van der Waals surface area contributed by atoms with Gasteiger partial charge in [0.25, 0.3) is 0 Å². The molecule has 70 heavy (non-hydrogen) atoms. The molecule has 0 aliphatic rings. The van der Waals surface area contributed by atoms with Crippen LogP contribution in [-0.2, 0) is 26.2 Å². The molecule has 0 amide bonds. The van der Waals surface area contributed by atoms with Crippen LogP contribution in [0, 0.1) is 0 Å². The largest absolute Gasteiger partial charge is 0.340 e. The number of benzene rings is 5. The summed E-state index contributed by atoms with van der Waals surface area (Å²) in [6.07, 6.45) is 29.1. The van der Waals surface area contributed by atoms with Crippen molar-refractivity contribution < 1.29 is 0 Å². The second-order valence-corrected chi connectivity index (χ2v) is 21.0. The molecule has 0 saturated carbocycles. The number of hydrogen-bond donors (Lipinski definition) is 0. The van der Waals surface area contributed by atoms with Crippen molar-refractivity contribution in [3.8, 4) is 0 Å². The average Bonchev–Trinajstić information content (AvgIpc) is 3.88. The average molecular weight is 939 g/mol. The zero-order valence-corrected chi connectivity index (χ0v) is 43.5. The van der Waals surface area contributed by atoms with E-state index in [-0.39, 0.29) is 10.9 Å². The highest BCUT2D eigenvalue weighted by atomic mass is 16.1. The van der Waals surface area contributed by atoms with E-state index < -0.39 is 0 Å². The second-order valence-electron chi connectivity index (χ2n) is 21.0. The van der Waals surface area contributed by atoms with E-state index in [0.717, 1.165) is 141 Å². The van der Waals surface area contributed by atoms with Crippen LogP contribution >= 0.6 is 0 Å². The van der Waals surface area contributed by atoms with Gasteiger partial charge in [0.2, 0.25) is 0 Å². The molecule has 0 unspecified atom stereocenters. The van der Waals surface area contributed by atoms with Crippen molar-refractivity contribution in [1.29, 1.82) is 0 Å². The lowest BCUT2D eigenvalue weighted by Gasteiger charge is -2.20. The number of rotatable bonds is 28. The molecule has 0 aliphatic carbocycles. The number of nitrogens with zero attached hydrogens (tertiary/aromatic N) is 4. The van der Waals surface area contributed by atoms with Gasteiger partial charge in [-0.2, -0.15) is 0 Å². The van der Waals surface area contributed by atoms with Crippen LogP contribution in [0.5, 0.6) is 0 Å². The van der Waals surface area contributed by atoms with Gasteiger partial charge in [-0.15, -0.1) is 0 Å². The lowest BCUT2D eigenvalue weighted by Crippen LogP contribution is -2.16. The van der Waals surface area contributed by atoms with E-state index in [4.69, 9.17) is 0 Å². The van der Waals surface area contributed by atoms with Crippen molar-refractivity contribution >= 4 is 87.2 Å². The standard InChI is InChI=1S/C64H82N4O2/c1-5-9-13-17-21-29-41-65-51-35-27-25-33-47(51)59-53(65)37-39-55-61(59)63(69)49-45-58-50(46-57(49)67(55)43-31-23-19-15-11-7-3)64(70)62-56(68(58)44-32-24-20-16-12-8-4)40-38-54-60(62)48-34-26-28-36-52(48)66(54)42-30-22-18-14-10-6-2/h25-28,33-40,45-46H,5-24,29-32,41-44H2,1-4H3. The number of aryl methyl sites for hydroxylation is 4. The lowest BCUT2D eigenvalue weighted by atomic mass is 9.99. The van der Waals surface area contributed by atoms with Gasteiger partial charge in [-0.3, -0.25) is 9.59 Å². The summed E-state index contributed by atoms with van der Waals surface area (Å²) in [4.78, 5) is 31.5. The molecule has 370 valence electrons. The molecule has 0 fully saturated rings. The molecular weight excluding hydrogens is 857 g/mol. The van der Waals surface area contributed by atoms with Crippen LogP contribution in [0.15, 0.2) is 94.5 Å². The van der Waals surface area contributed by atoms with Crippen LogP contribution in [0.1, 0.15) is 182 Å². The van der Waals surface area contributed by atoms with Crippen molar-refractivity contribution in [1.82, 2.24) is 18.3 Å². The third kappa shape index (κ3) is 9.95. The third-order valence-electron chi connectivity index (χ3n) is 16.0. The molecule has 0 bridgehead atoms.